The first-order chi connectivity index (χ1) is 9.76. The summed E-state index contributed by atoms with van der Waals surface area (Å²) in [7, 11) is 3.86. The van der Waals surface area contributed by atoms with Crippen molar-refractivity contribution in [1.82, 2.24) is 15.0 Å². The zero-order valence-electron chi connectivity index (χ0n) is 14.5. The number of nitrogens with one attached hydrogen (secondary N) is 2. The predicted molar refractivity (Wildman–Crippen MR) is 90.0 cm³/mol. The Morgan fingerprint density at radius 1 is 1.05 bits per heavy atom. The minimum absolute atomic E-state index is 0.182. The van der Waals surface area contributed by atoms with E-state index in [1.165, 1.54) is 0 Å². The minimum atomic E-state index is 0.182. The molecule has 0 radical (unpaired) electrons. The van der Waals surface area contributed by atoms with Crippen molar-refractivity contribution in [3.63, 3.8) is 0 Å². The van der Waals surface area contributed by atoms with Gasteiger partial charge in [0.15, 0.2) is 0 Å². The van der Waals surface area contributed by atoms with E-state index in [-0.39, 0.29) is 5.41 Å². The maximum atomic E-state index is 4.46. The van der Waals surface area contributed by atoms with Crippen LogP contribution in [0.15, 0.2) is 0 Å². The molecule has 0 unspecified atom stereocenters. The number of nitrogens with zero attached hydrogens (tertiary/aromatic N) is 4. The molecule has 0 amide bonds. The van der Waals surface area contributed by atoms with Gasteiger partial charge in [0.25, 0.3) is 0 Å². The van der Waals surface area contributed by atoms with Gasteiger partial charge in [-0.2, -0.15) is 15.0 Å². The van der Waals surface area contributed by atoms with E-state index in [1.54, 1.807) is 0 Å². The quantitative estimate of drug-likeness (QED) is 0.768. The normalized spacial score (nSPS) is 11.6. The van der Waals surface area contributed by atoms with Crippen molar-refractivity contribution in [2.75, 3.05) is 42.7 Å². The molecule has 1 aromatic rings. The fraction of sp³-hybridized carbons (Fsp3) is 0.800. The molecule has 0 fully saturated rings. The van der Waals surface area contributed by atoms with E-state index in [9.17, 15) is 0 Å². The Hall–Kier alpha value is -1.59. The van der Waals surface area contributed by atoms with Gasteiger partial charge in [-0.15, -0.1) is 0 Å². The smallest absolute Gasteiger partial charge is 0.231 e. The third-order valence-electron chi connectivity index (χ3n) is 3.82. The van der Waals surface area contributed by atoms with Crippen LogP contribution in [0.1, 0.15) is 41.0 Å². The summed E-state index contributed by atoms with van der Waals surface area (Å²) in [5, 5.41) is 6.57. The summed E-state index contributed by atoms with van der Waals surface area (Å²) < 4.78 is 0. The van der Waals surface area contributed by atoms with E-state index in [0.717, 1.165) is 19.5 Å². The molecule has 1 aromatic heterocycles. The van der Waals surface area contributed by atoms with Crippen LogP contribution in [0.2, 0.25) is 0 Å². The lowest BCUT2D eigenvalue weighted by Gasteiger charge is -2.29. The lowest BCUT2D eigenvalue weighted by Crippen LogP contribution is -2.29. The van der Waals surface area contributed by atoms with Crippen LogP contribution in [0, 0.1) is 11.3 Å². The fourth-order valence-corrected chi connectivity index (χ4v) is 1.47. The maximum absolute atomic E-state index is 4.46. The average molecular weight is 294 g/mol. The van der Waals surface area contributed by atoms with Crippen LogP contribution in [0.3, 0.4) is 0 Å². The Kier molecular flexibility index (Phi) is 6.18. The molecular formula is C15H30N6. The molecule has 0 aliphatic rings. The standard InChI is InChI=1S/C15H30N6/c1-8-9-16-12-18-13(20-14(19-12)21(6)7)17-10-15(4,5)11(2)3/h11H,8-10H2,1-7H3,(H2,16,17,18,19,20). The Morgan fingerprint density at radius 2 is 1.62 bits per heavy atom. The summed E-state index contributed by atoms with van der Waals surface area (Å²) in [6.07, 6.45) is 1.03. The average Bonchev–Trinajstić information content (AvgIpc) is 2.42. The number of hydrogen-bond acceptors (Lipinski definition) is 6. The highest BCUT2D eigenvalue weighted by Crippen LogP contribution is 2.26. The van der Waals surface area contributed by atoms with Crippen molar-refractivity contribution < 1.29 is 0 Å². The lowest BCUT2D eigenvalue weighted by atomic mass is 9.81. The zero-order valence-corrected chi connectivity index (χ0v) is 14.5. The largest absolute Gasteiger partial charge is 0.354 e. The van der Waals surface area contributed by atoms with Gasteiger partial charge in [0.05, 0.1) is 0 Å². The van der Waals surface area contributed by atoms with Gasteiger partial charge in [-0.3, -0.25) is 0 Å². The van der Waals surface area contributed by atoms with Crippen molar-refractivity contribution in [2.45, 2.75) is 41.0 Å². The predicted octanol–water partition coefficient (Wildman–Crippen LogP) is 2.85. The molecule has 120 valence electrons. The summed E-state index contributed by atoms with van der Waals surface area (Å²) in [6.45, 7) is 12.8. The van der Waals surface area contributed by atoms with Gasteiger partial charge in [-0.25, -0.2) is 0 Å². The summed E-state index contributed by atoms with van der Waals surface area (Å²) in [5.74, 6) is 2.49. The first kappa shape index (κ1) is 17.5. The van der Waals surface area contributed by atoms with Crippen LogP contribution in [-0.2, 0) is 0 Å². The summed E-state index contributed by atoms with van der Waals surface area (Å²) in [4.78, 5) is 15.2. The number of anilines is 3. The highest BCUT2D eigenvalue weighted by molar-refractivity contribution is 5.43. The van der Waals surface area contributed by atoms with E-state index in [0.29, 0.717) is 23.8 Å². The highest BCUT2D eigenvalue weighted by atomic mass is 15.3. The van der Waals surface area contributed by atoms with Crippen LogP contribution in [0.25, 0.3) is 0 Å². The Morgan fingerprint density at radius 3 is 2.10 bits per heavy atom. The number of rotatable bonds is 8. The molecule has 0 aromatic carbocycles. The van der Waals surface area contributed by atoms with Crippen LogP contribution < -0.4 is 15.5 Å². The van der Waals surface area contributed by atoms with E-state index in [2.05, 4.69) is 60.2 Å². The first-order valence-electron chi connectivity index (χ1n) is 7.67. The lowest BCUT2D eigenvalue weighted by molar-refractivity contribution is 0.269. The van der Waals surface area contributed by atoms with Gasteiger partial charge < -0.3 is 15.5 Å². The van der Waals surface area contributed by atoms with Gasteiger partial charge in [-0.1, -0.05) is 34.6 Å². The van der Waals surface area contributed by atoms with E-state index in [4.69, 9.17) is 0 Å². The number of hydrogen-bond donors (Lipinski definition) is 2. The van der Waals surface area contributed by atoms with Gasteiger partial charge in [-0.05, 0) is 17.8 Å². The van der Waals surface area contributed by atoms with Crippen molar-refractivity contribution in [3.8, 4) is 0 Å². The molecule has 1 rings (SSSR count). The van der Waals surface area contributed by atoms with Crippen molar-refractivity contribution >= 4 is 17.8 Å². The Labute approximate surface area is 128 Å². The van der Waals surface area contributed by atoms with Gasteiger partial charge in [0, 0.05) is 27.2 Å². The maximum Gasteiger partial charge on any atom is 0.231 e. The third-order valence-corrected chi connectivity index (χ3v) is 3.82. The fourth-order valence-electron chi connectivity index (χ4n) is 1.47. The van der Waals surface area contributed by atoms with Crippen LogP contribution >= 0.6 is 0 Å². The van der Waals surface area contributed by atoms with Gasteiger partial charge in [0.1, 0.15) is 0 Å². The van der Waals surface area contributed by atoms with Gasteiger partial charge >= 0.3 is 0 Å². The second-order valence-electron chi connectivity index (χ2n) is 6.60. The second kappa shape index (κ2) is 7.43. The minimum Gasteiger partial charge on any atom is -0.354 e. The molecule has 21 heavy (non-hydrogen) atoms. The molecule has 0 aliphatic heterocycles. The van der Waals surface area contributed by atoms with Crippen LogP contribution in [-0.4, -0.2) is 42.1 Å². The number of aromatic nitrogens is 3. The molecule has 0 aliphatic carbocycles. The molecule has 0 atom stereocenters. The highest BCUT2D eigenvalue weighted by Gasteiger charge is 2.22. The molecule has 2 N–H and O–H groups in total. The van der Waals surface area contributed by atoms with E-state index < -0.39 is 0 Å². The topological polar surface area (TPSA) is 66.0 Å². The molecular weight excluding hydrogens is 264 g/mol. The van der Waals surface area contributed by atoms with Crippen LogP contribution in [0.5, 0.6) is 0 Å². The molecule has 0 spiro atoms. The Bertz CT molecular complexity index is 442. The molecule has 1 heterocycles. The third kappa shape index (κ3) is 5.36. The van der Waals surface area contributed by atoms with Crippen molar-refractivity contribution in [2.24, 2.45) is 11.3 Å². The zero-order chi connectivity index (χ0) is 16.0. The van der Waals surface area contributed by atoms with Crippen LogP contribution in [0.4, 0.5) is 17.8 Å². The molecule has 6 nitrogen and oxygen atoms in total. The molecule has 0 bridgehead atoms. The Balaban J connectivity index is 2.87. The van der Waals surface area contributed by atoms with E-state index >= 15 is 0 Å². The van der Waals surface area contributed by atoms with Crippen molar-refractivity contribution in [3.05, 3.63) is 0 Å². The van der Waals surface area contributed by atoms with Crippen molar-refractivity contribution in [1.29, 1.82) is 0 Å². The van der Waals surface area contributed by atoms with E-state index in [1.807, 2.05) is 19.0 Å². The summed E-state index contributed by atoms with van der Waals surface area (Å²) >= 11 is 0. The molecule has 0 saturated heterocycles. The molecule has 0 saturated carbocycles. The monoisotopic (exact) mass is 294 g/mol. The first-order valence-corrected chi connectivity index (χ1v) is 7.67. The summed E-state index contributed by atoms with van der Waals surface area (Å²) in [6, 6.07) is 0. The van der Waals surface area contributed by atoms with Gasteiger partial charge in [0.2, 0.25) is 17.8 Å². The second-order valence-corrected chi connectivity index (χ2v) is 6.60. The summed E-state index contributed by atoms with van der Waals surface area (Å²) in [5.41, 5.74) is 0.182. The molecule has 6 heteroatoms. The SMILES string of the molecule is CCCNc1nc(NCC(C)(C)C(C)C)nc(N(C)C)n1.